The molecule has 0 aromatic rings. The molecule has 0 aliphatic heterocycles. The van der Waals surface area contributed by atoms with Gasteiger partial charge >= 0.3 is 0 Å². The minimum atomic E-state index is -0.116. The van der Waals surface area contributed by atoms with Gasteiger partial charge in [-0.3, -0.25) is 0 Å². The number of hydrogen-bond acceptors (Lipinski definition) is 2. The monoisotopic (exact) mass is 234 g/mol. The van der Waals surface area contributed by atoms with Gasteiger partial charge in [0.15, 0.2) is 0 Å². The van der Waals surface area contributed by atoms with Crippen LogP contribution in [0.2, 0.25) is 0 Å². The Balaban J connectivity index is -0.0000000800. The predicted molar refractivity (Wildman–Crippen MR) is 43.1 cm³/mol. The van der Waals surface area contributed by atoms with Crippen molar-refractivity contribution in [3.8, 4) is 0 Å². The molecule has 2 nitrogen and oxygen atoms in total. The third-order valence-corrected chi connectivity index (χ3v) is 0.471. The Morgan fingerprint density at radius 3 is 1.43 bits per heavy atom. The molecule has 0 fully saturated rings. The van der Waals surface area contributed by atoms with Gasteiger partial charge < -0.3 is 11.5 Å². The molecular formula is C3H12Br2N2. The van der Waals surface area contributed by atoms with Gasteiger partial charge in [-0.05, 0) is 6.42 Å². The lowest BCUT2D eigenvalue weighted by Gasteiger charge is -1.92. The molecule has 0 radical (unpaired) electrons. The highest BCUT2D eigenvalue weighted by molar-refractivity contribution is 8.93. The van der Waals surface area contributed by atoms with Gasteiger partial charge in [0.2, 0.25) is 0 Å². The quantitative estimate of drug-likeness (QED) is 0.661. The first kappa shape index (κ1) is 15.7. The summed E-state index contributed by atoms with van der Waals surface area (Å²) in [6, 6.07) is 0. The van der Waals surface area contributed by atoms with Crippen LogP contribution >= 0.6 is 34.0 Å². The molecule has 0 amide bonds. The summed E-state index contributed by atoms with van der Waals surface area (Å²) in [4.78, 5) is 0. The van der Waals surface area contributed by atoms with E-state index in [4.69, 9.17) is 11.5 Å². The van der Waals surface area contributed by atoms with Crippen molar-refractivity contribution >= 4 is 34.0 Å². The average Bonchev–Trinajstić information content (AvgIpc) is 1.38. The standard InChI is InChI=1S/C3H10N2.2BrH/c1-2-3(4)5;;/h3H,2,4-5H2,1H3;2*1H. The van der Waals surface area contributed by atoms with E-state index in [2.05, 4.69) is 0 Å². The Bertz CT molecular complexity index is 24.9. The van der Waals surface area contributed by atoms with Crippen LogP contribution in [-0.4, -0.2) is 6.17 Å². The van der Waals surface area contributed by atoms with E-state index in [0.717, 1.165) is 6.42 Å². The summed E-state index contributed by atoms with van der Waals surface area (Å²) >= 11 is 0. The molecule has 0 atom stereocenters. The van der Waals surface area contributed by atoms with Gasteiger partial charge in [0, 0.05) is 0 Å². The summed E-state index contributed by atoms with van der Waals surface area (Å²) in [6.45, 7) is 1.95. The zero-order valence-electron chi connectivity index (χ0n) is 4.26. The van der Waals surface area contributed by atoms with E-state index < -0.39 is 0 Å². The van der Waals surface area contributed by atoms with Crippen molar-refractivity contribution in [3.05, 3.63) is 0 Å². The summed E-state index contributed by atoms with van der Waals surface area (Å²) in [7, 11) is 0. The van der Waals surface area contributed by atoms with Crippen LogP contribution in [0.4, 0.5) is 0 Å². The van der Waals surface area contributed by atoms with Crippen molar-refractivity contribution in [2.45, 2.75) is 19.5 Å². The second kappa shape index (κ2) is 9.99. The van der Waals surface area contributed by atoms with Crippen LogP contribution in [0, 0.1) is 0 Å². The summed E-state index contributed by atoms with van der Waals surface area (Å²) < 4.78 is 0. The first-order valence-electron chi connectivity index (χ1n) is 1.78. The van der Waals surface area contributed by atoms with E-state index in [9.17, 15) is 0 Å². The highest BCUT2D eigenvalue weighted by Gasteiger charge is 1.79. The summed E-state index contributed by atoms with van der Waals surface area (Å²) in [5.41, 5.74) is 10.1. The molecule has 0 aliphatic rings. The van der Waals surface area contributed by atoms with E-state index in [1.54, 1.807) is 0 Å². The van der Waals surface area contributed by atoms with Crippen molar-refractivity contribution in [2.24, 2.45) is 11.5 Å². The molecule has 4 heteroatoms. The molecule has 0 heterocycles. The number of nitrogens with two attached hydrogens (primary N) is 2. The van der Waals surface area contributed by atoms with Crippen molar-refractivity contribution in [1.29, 1.82) is 0 Å². The number of rotatable bonds is 1. The lowest BCUT2D eigenvalue weighted by atomic mass is 10.4. The molecule has 0 spiro atoms. The zero-order valence-corrected chi connectivity index (χ0v) is 7.68. The van der Waals surface area contributed by atoms with Gasteiger partial charge in [0.25, 0.3) is 0 Å². The summed E-state index contributed by atoms with van der Waals surface area (Å²) in [5, 5.41) is 0. The second-order valence-electron chi connectivity index (χ2n) is 1.07. The predicted octanol–water partition coefficient (Wildman–Crippen LogP) is 0.796. The van der Waals surface area contributed by atoms with Gasteiger partial charge in [-0.2, -0.15) is 0 Å². The molecule has 0 saturated heterocycles. The summed E-state index contributed by atoms with van der Waals surface area (Å²) in [5.74, 6) is 0. The van der Waals surface area contributed by atoms with Gasteiger partial charge in [-0.1, -0.05) is 6.92 Å². The minimum Gasteiger partial charge on any atom is -0.316 e. The Morgan fingerprint density at radius 2 is 1.43 bits per heavy atom. The second-order valence-corrected chi connectivity index (χ2v) is 1.07. The van der Waals surface area contributed by atoms with E-state index in [1.807, 2.05) is 6.92 Å². The first-order valence-corrected chi connectivity index (χ1v) is 1.78. The fourth-order valence-electron chi connectivity index (χ4n) is 0. The van der Waals surface area contributed by atoms with Crippen LogP contribution in [0.3, 0.4) is 0 Å². The molecule has 0 unspecified atom stereocenters. The smallest absolute Gasteiger partial charge is 0.0518 e. The number of hydrogen-bond donors (Lipinski definition) is 2. The van der Waals surface area contributed by atoms with Gasteiger partial charge in [-0.25, -0.2) is 0 Å². The SMILES string of the molecule is Br.Br.CCC(N)N. The van der Waals surface area contributed by atoms with Crippen LogP contribution in [0.1, 0.15) is 13.3 Å². The average molecular weight is 236 g/mol. The van der Waals surface area contributed by atoms with Crippen LogP contribution in [0.5, 0.6) is 0 Å². The van der Waals surface area contributed by atoms with Gasteiger partial charge in [0.1, 0.15) is 0 Å². The molecule has 48 valence electrons. The van der Waals surface area contributed by atoms with Gasteiger partial charge in [0.05, 0.1) is 6.17 Å². The Kier molecular flexibility index (Phi) is 22.3. The Hall–Kier alpha value is 0.880. The molecular weight excluding hydrogens is 224 g/mol. The molecule has 0 bridgehead atoms. The molecule has 0 aromatic carbocycles. The van der Waals surface area contributed by atoms with E-state index in [-0.39, 0.29) is 40.1 Å². The van der Waals surface area contributed by atoms with Crippen molar-refractivity contribution < 1.29 is 0 Å². The minimum absolute atomic E-state index is 0. The zero-order chi connectivity index (χ0) is 4.28. The first-order chi connectivity index (χ1) is 2.27. The van der Waals surface area contributed by atoms with Crippen LogP contribution < -0.4 is 11.5 Å². The molecule has 0 aromatic heterocycles. The molecule has 7 heavy (non-hydrogen) atoms. The molecule has 0 aliphatic carbocycles. The van der Waals surface area contributed by atoms with Crippen LogP contribution in [0.15, 0.2) is 0 Å². The van der Waals surface area contributed by atoms with Crippen LogP contribution in [0.25, 0.3) is 0 Å². The lowest BCUT2D eigenvalue weighted by Crippen LogP contribution is -2.28. The lowest BCUT2D eigenvalue weighted by molar-refractivity contribution is 0.682. The van der Waals surface area contributed by atoms with E-state index in [0.29, 0.717) is 0 Å². The molecule has 0 saturated carbocycles. The van der Waals surface area contributed by atoms with E-state index >= 15 is 0 Å². The Morgan fingerprint density at radius 1 is 1.29 bits per heavy atom. The van der Waals surface area contributed by atoms with Gasteiger partial charge in [-0.15, -0.1) is 34.0 Å². The Labute approximate surface area is 65.2 Å². The number of halogens is 2. The normalized spacial score (nSPS) is 6.86. The van der Waals surface area contributed by atoms with Crippen LogP contribution in [-0.2, 0) is 0 Å². The fourth-order valence-corrected chi connectivity index (χ4v) is 0. The highest BCUT2D eigenvalue weighted by Crippen LogP contribution is 1.68. The summed E-state index contributed by atoms with van der Waals surface area (Å²) in [6.07, 6.45) is 0.745. The maximum Gasteiger partial charge on any atom is 0.0518 e. The van der Waals surface area contributed by atoms with Crippen molar-refractivity contribution in [1.82, 2.24) is 0 Å². The highest BCUT2D eigenvalue weighted by atomic mass is 79.9. The topological polar surface area (TPSA) is 52.0 Å². The third-order valence-electron chi connectivity index (χ3n) is 0.471. The molecule has 4 N–H and O–H groups in total. The largest absolute Gasteiger partial charge is 0.316 e. The fraction of sp³-hybridized carbons (Fsp3) is 1.00. The van der Waals surface area contributed by atoms with E-state index in [1.165, 1.54) is 0 Å². The molecule has 0 rings (SSSR count). The maximum absolute atomic E-state index is 5.07. The van der Waals surface area contributed by atoms with Crippen molar-refractivity contribution in [3.63, 3.8) is 0 Å². The van der Waals surface area contributed by atoms with Crippen molar-refractivity contribution in [2.75, 3.05) is 0 Å². The third kappa shape index (κ3) is 19.8. The maximum atomic E-state index is 5.07.